The van der Waals surface area contributed by atoms with Gasteiger partial charge in [0.05, 0.1) is 0 Å². The van der Waals surface area contributed by atoms with Gasteiger partial charge in [0.1, 0.15) is 6.17 Å². The zero-order chi connectivity index (χ0) is 8.60. The van der Waals surface area contributed by atoms with Crippen LogP contribution in [0.25, 0.3) is 0 Å². The maximum Gasteiger partial charge on any atom is 0.110 e. The van der Waals surface area contributed by atoms with Crippen LogP contribution in [0, 0.1) is 5.41 Å². The molecule has 0 radical (unpaired) electrons. The third kappa shape index (κ3) is 0.883. The molecule has 0 aromatic heterocycles. The zero-order valence-corrected chi connectivity index (χ0v) is 7.07. The number of rotatable bonds is 0. The standard InChI is InChI=1S/C10H12N2/c1-10-6-3-2-4-8(10)5-7-12-9(10)11/h2-7,9H,11H2,1H3. The summed E-state index contributed by atoms with van der Waals surface area (Å²) in [4.78, 5) is 4.18. The fourth-order valence-electron chi connectivity index (χ4n) is 1.57. The third-order valence-electron chi connectivity index (χ3n) is 2.57. The molecular formula is C10H12N2. The summed E-state index contributed by atoms with van der Waals surface area (Å²) in [5.41, 5.74) is 7.05. The Balaban J connectivity index is 2.48. The van der Waals surface area contributed by atoms with Crippen LogP contribution in [-0.2, 0) is 0 Å². The van der Waals surface area contributed by atoms with Crippen LogP contribution in [0.4, 0.5) is 0 Å². The SMILES string of the molecule is CC12C=CC=CC1=CC=NC2N. The summed E-state index contributed by atoms with van der Waals surface area (Å²) in [7, 11) is 0. The van der Waals surface area contributed by atoms with E-state index in [4.69, 9.17) is 5.73 Å². The molecule has 0 saturated heterocycles. The van der Waals surface area contributed by atoms with Crippen molar-refractivity contribution in [2.75, 3.05) is 0 Å². The van der Waals surface area contributed by atoms with Crippen LogP contribution >= 0.6 is 0 Å². The molecule has 2 N–H and O–H groups in total. The molecule has 12 heavy (non-hydrogen) atoms. The average molecular weight is 160 g/mol. The van der Waals surface area contributed by atoms with E-state index in [1.165, 1.54) is 5.57 Å². The number of allylic oxidation sites excluding steroid dienone is 4. The van der Waals surface area contributed by atoms with E-state index < -0.39 is 0 Å². The molecule has 0 saturated carbocycles. The van der Waals surface area contributed by atoms with Gasteiger partial charge >= 0.3 is 0 Å². The molecule has 2 rings (SSSR count). The Labute approximate surface area is 72.2 Å². The Bertz CT molecular complexity index is 310. The summed E-state index contributed by atoms with van der Waals surface area (Å²) < 4.78 is 0. The van der Waals surface area contributed by atoms with Gasteiger partial charge in [0, 0.05) is 11.6 Å². The lowest BCUT2D eigenvalue weighted by Crippen LogP contribution is -2.40. The first kappa shape index (κ1) is 7.50. The van der Waals surface area contributed by atoms with Crippen LogP contribution in [0.15, 0.2) is 40.9 Å². The van der Waals surface area contributed by atoms with Crippen molar-refractivity contribution in [1.82, 2.24) is 0 Å². The van der Waals surface area contributed by atoms with Gasteiger partial charge in [-0.2, -0.15) is 0 Å². The highest BCUT2D eigenvalue weighted by molar-refractivity contribution is 5.76. The van der Waals surface area contributed by atoms with Crippen molar-refractivity contribution in [2.45, 2.75) is 13.1 Å². The Morgan fingerprint density at radius 3 is 3.08 bits per heavy atom. The highest BCUT2D eigenvalue weighted by Gasteiger charge is 2.33. The maximum absolute atomic E-state index is 5.90. The third-order valence-corrected chi connectivity index (χ3v) is 2.57. The van der Waals surface area contributed by atoms with E-state index in [-0.39, 0.29) is 11.6 Å². The van der Waals surface area contributed by atoms with Gasteiger partial charge < -0.3 is 5.73 Å². The summed E-state index contributed by atoms with van der Waals surface area (Å²) in [6, 6.07) is 0. The van der Waals surface area contributed by atoms with Crippen LogP contribution in [0.3, 0.4) is 0 Å². The van der Waals surface area contributed by atoms with E-state index in [0.29, 0.717) is 0 Å². The molecule has 1 aliphatic carbocycles. The first-order chi connectivity index (χ1) is 5.73. The molecule has 1 heterocycles. The number of nitrogens with zero attached hydrogens (tertiary/aromatic N) is 1. The fourth-order valence-corrected chi connectivity index (χ4v) is 1.57. The van der Waals surface area contributed by atoms with Crippen molar-refractivity contribution in [2.24, 2.45) is 16.1 Å². The smallest absolute Gasteiger partial charge is 0.110 e. The van der Waals surface area contributed by atoms with E-state index >= 15 is 0 Å². The quantitative estimate of drug-likeness (QED) is 0.571. The summed E-state index contributed by atoms with van der Waals surface area (Å²) in [6.07, 6.45) is 11.9. The lowest BCUT2D eigenvalue weighted by atomic mass is 9.75. The van der Waals surface area contributed by atoms with E-state index in [1.54, 1.807) is 6.21 Å². The van der Waals surface area contributed by atoms with Crippen molar-refractivity contribution >= 4 is 6.21 Å². The minimum Gasteiger partial charge on any atom is -0.309 e. The highest BCUT2D eigenvalue weighted by Crippen LogP contribution is 2.36. The number of hydrogen-bond acceptors (Lipinski definition) is 2. The van der Waals surface area contributed by atoms with Gasteiger partial charge in [-0.3, -0.25) is 4.99 Å². The predicted octanol–water partition coefficient (Wildman–Crippen LogP) is 1.41. The summed E-state index contributed by atoms with van der Waals surface area (Å²) in [6.45, 7) is 2.11. The molecule has 2 atom stereocenters. The molecule has 2 unspecified atom stereocenters. The zero-order valence-electron chi connectivity index (χ0n) is 7.07. The second kappa shape index (κ2) is 2.42. The second-order valence-electron chi connectivity index (χ2n) is 3.37. The van der Waals surface area contributed by atoms with Gasteiger partial charge in [-0.15, -0.1) is 0 Å². The molecule has 2 nitrogen and oxygen atoms in total. The van der Waals surface area contributed by atoms with Crippen LogP contribution < -0.4 is 5.73 Å². The largest absolute Gasteiger partial charge is 0.309 e. The Morgan fingerprint density at radius 1 is 1.50 bits per heavy atom. The monoisotopic (exact) mass is 160 g/mol. The van der Waals surface area contributed by atoms with E-state index in [1.807, 2.05) is 18.2 Å². The lowest BCUT2D eigenvalue weighted by molar-refractivity contribution is 0.412. The van der Waals surface area contributed by atoms with Crippen LogP contribution in [0.5, 0.6) is 0 Å². The topological polar surface area (TPSA) is 38.4 Å². The van der Waals surface area contributed by atoms with Crippen LogP contribution in [0.2, 0.25) is 0 Å². The minimum atomic E-state index is -0.140. The normalized spacial score (nSPS) is 37.8. The summed E-state index contributed by atoms with van der Waals surface area (Å²) in [5, 5.41) is 0. The van der Waals surface area contributed by atoms with Gasteiger partial charge in [-0.25, -0.2) is 0 Å². The fraction of sp³-hybridized carbons (Fsp3) is 0.300. The van der Waals surface area contributed by atoms with Crippen molar-refractivity contribution in [3.05, 3.63) is 36.0 Å². The maximum atomic E-state index is 5.90. The molecular weight excluding hydrogens is 148 g/mol. The lowest BCUT2D eigenvalue weighted by Gasteiger charge is -2.34. The van der Waals surface area contributed by atoms with Crippen molar-refractivity contribution in [3.8, 4) is 0 Å². The number of nitrogens with two attached hydrogens (primary N) is 1. The minimum absolute atomic E-state index is 0.0938. The van der Waals surface area contributed by atoms with Crippen molar-refractivity contribution in [1.29, 1.82) is 0 Å². The molecule has 0 aromatic rings. The summed E-state index contributed by atoms with van der Waals surface area (Å²) in [5.74, 6) is 0. The first-order valence-corrected chi connectivity index (χ1v) is 4.09. The number of dihydropyridines is 1. The molecule has 2 heteroatoms. The van der Waals surface area contributed by atoms with Crippen molar-refractivity contribution in [3.63, 3.8) is 0 Å². The van der Waals surface area contributed by atoms with Gasteiger partial charge in [-0.1, -0.05) is 24.3 Å². The molecule has 2 aliphatic rings. The van der Waals surface area contributed by atoms with Gasteiger partial charge in [0.15, 0.2) is 0 Å². The van der Waals surface area contributed by atoms with E-state index in [9.17, 15) is 0 Å². The number of fused-ring (bicyclic) bond motifs is 1. The Morgan fingerprint density at radius 2 is 2.33 bits per heavy atom. The number of hydrogen-bond donors (Lipinski definition) is 1. The second-order valence-corrected chi connectivity index (χ2v) is 3.37. The molecule has 62 valence electrons. The predicted molar refractivity (Wildman–Crippen MR) is 50.9 cm³/mol. The van der Waals surface area contributed by atoms with Gasteiger partial charge in [0.25, 0.3) is 0 Å². The molecule has 0 bridgehead atoms. The Kier molecular flexibility index (Phi) is 1.51. The molecule has 0 spiro atoms. The molecule has 1 aliphatic heterocycles. The highest BCUT2D eigenvalue weighted by atomic mass is 15.0. The molecule has 0 amide bonds. The molecule has 0 fully saturated rings. The first-order valence-electron chi connectivity index (χ1n) is 4.09. The van der Waals surface area contributed by atoms with E-state index in [2.05, 4.69) is 24.1 Å². The van der Waals surface area contributed by atoms with E-state index in [0.717, 1.165) is 0 Å². The van der Waals surface area contributed by atoms with Crippen LogP contribution in [-0.4, -0.2) is 12.4 Å². The van der Waals surface area contributed by atoms with Crippen LogP contribution in [0.1, 0.15) is 6.92 Å². The number of aliphatic imine (C=N–C) groups is 1. The van der Waals surface area contributed by atoms with Crippen molar-refractivity contribution < 1.29 is 0 Å². The molecule has 0 aromatic carbocycles. The summed E-state index contributed by atoms with van der Waals surface area (Å²) >= 11 is 0. The average Bonchev–Trinajstić information content (AvgIpc) is 2.07. The van der Waals surface area contributed by atoms with Gasteiger partial charge in [-0.05, 0) is 18.6 Å². The Hall–Kier alpha value is -1.15. The van der Waals surface area contributed by atoms with Gasteiger partial charge in [0.2, 0.25) is 0 Å².